The van der Waals surface area contributed by atoms with Gasteiger partial charge in [0.25, 0.3) is 5.91 Å². The summed E-state index contributed by atoms with van der Waals surface area (Å²) in [6.45, 7) is 0.953. The van der Waals surface area contributed by atoms with E-state index in [2.05, 4.69) is 0 Å². The number of carbonyl (C=O) groups is 1. The predicted molar refractivity (Wildman–Crippen MR) is 59.4 cm³/mol. The fourth-order valence-electron chi connectivity index (χ4n) is 1.99. The average Bonchev–Trinajstić information content (AvgIpc) is 2.77. The zero-order chi connectivity index (χ0) is 12.4. The second-order valence-electron chi connectivity index (χ2n) is 4.03. The molecule has 0 aromatic heterocycles. The molecule has 1 atom stereocenters. The van der Waals surface area contributed by atoms with Crippen molar-refractivity contribution >= 4 is 5.91 Å². The minimum atomic E-state index is -0.698. The smallest absolute Gasteiger partial charge is 0.260 e. The molecule has 1 saturated heterocycles. The van der Waals surface area contributed by atoms with Gasteiger partial charge in [-0.25, -0.2) is 4.39 Å². The van der Waals surface area contributed by atoms with Crippen LogP contribution in [0.1, 0.15) is 16.8 Å². The van der Waals surface area contributed by atoms with Gasteiger partial charge in [-0.05, 0) is 18.6 Å². The minimum Gasteiger partial charge on any atom is -0.507 e. The Morgan fingerprint density at radius 3 is 2.94 bits per heavy atom. The summed E-state index contributed by atoms with van der Waals surface area (Å²) in [5.74, 6) is -1.51. The summed E-state index contributed by atoms with van der Waals surface area (Å²) < 4.78 is 18.6. The summed E-state index contributed by atoms with van der Waals surface area (Å²) in [5.41, 5.74) is -0.260. The van der Waals surface area contributed by atoms with Crippen LogP contribution >= 0.6 is 0 Å². The molecule has 1 aliphatic rings. The number of hydrogen-bond acceptors (Lipinski definition) is 3. The number of phenols is 1. The Labute approximate surface area is 98.6 Å². The van der Waals surface area contributed by atoms with Crippen LogP contribution in [-0.2, 0) is 4.74 Å². The number of rotatable bonds is 2. The standard InChI is InChI=1S/C12H14FNO3/c1-17-8-5-6-14(7-8)12(16)11-9(13)3-2-4-10(11)15/h2-4,8,15H,5-7H2,1H3. The van der Waals surface area contributed by atoms with Crippen LogP contribution in [0.5, 0.6) is 5.75 Å². The maximum absolute atomic E-state index is 13.5. The lowest BCUT2D eigenvalue weighted by molar-refractivity contribution is 0.0717. The summed E-state index contributed by atoms with van der Waals surface area (Å²) >= 11 is 0. The summed E-state index contributed by atoms with van der Waals surface area (Å²) in [7, 11) is 1.58. The van der Waals surface area contributed by atoms with Crippen molar-refractivity contribution in [1.29, 1.82) is 0 Å². The van der Waals surface area contributed by atoms with Gasteiger partial charge in [-0.2, -0.15) is 0 Å². The van der Waals surface area contributed by atoms with Crippen molar-refractivity contribution in [3.8, 4) is 5.75 Å². The van der Waals surface area contributed by atoms with Gasteiger partial charge in [0.2, 0.25) is 0 Å². The molecule has 1 heterocycles. The average molecular weight is 239 g/mol. The van der Waals surface area contributed by atoms with E-state index in [1.54, 1.807) is 7.11 Å². The van der Waals surface area contributed by atoms with Gasteiger partial charge in [0, 0.05) is 20.2 Å². The molecule has 92 valence electrons. The largest absolute Gasteiger partial charge is 0.507 e. The lowest BCUT2D eigenvalue weighted by atomic mass is 10.1. The number of benzene rings is 1. The summed E-state index contributed by atoms with van der Waals surface area (Å²) in [6, 6.07) is 3.83. The zero-order valence-corrected chi connectivity index (χ0v) is 9.52. The van der Waals surface area contributed by atoms with Crippen LogP contribution < -0.4 is 0 Å². The molecule has 1 aromatic carbocycles. The van der Waals surface area contributed by atoms with Crippen LogP contribution in [0.3, 0.4) is 0 Å². The molecule has 5 heteroatoms. The van der Waals surface area contributed by atoms with E-state index in [1.807, 2.05) is 0 Å². The van der Waals surface area contributed by atoms with E-state index >= 15 is 0 Å². The van der Waals surface area contributed by atoms with Gasteiger partial charge in [0.05, 0.1) is 6.10 Å². The third-order valence-electron chi connectivity index (χ3n) is 2.97. The van der Waals surface area contributed by atoms with Crippen molar-refractivity contribution < 1.29 is 19.0 Å². The van der Waals surface area contributed by atoms with Crippen LogP contribution in [0.4, 0.5) is 4.39 Å². The SMILES string of the molecule is COC1CCN(C(=O)c2c(O)cccc2F)C1. The number of phenolic OH excluding ortho intramolecular Hbond substituents is 1. The number of carbonyl (C=O) groups excluding carboxylic acids is 1. The minimum absolute atomic E-state index is 0.00661. The third kappa shape index (κ3) is 2.24. The first-order valence-corrected chi connectivity index (χ1v) is 5.43. The van der Waals surface area contributed by atoms with E-state index in [0.717, 1.165) is 12.5 Å². The Balaban J connectivity index is 2.21. The number of hydrogen-bond donors (Lipinski definition) is 1. The highest BCUT2D eigenvalue weighted by Gasteiger charge is 2.29. The van der Waals surface area contributed by atoms with Crippen LogP contribution in [0, 0.1) is 5.82 Å². The molecule has 1 unspecified atom stereocenters. The normalized spacial score (nSPS) is 19.6. The molecule has 0 saturated carbocycles. The topological polar surface area (TPSA) is 49.8 Å². The quantitative estimate of drug-likeness (QED) is 0.848. The van der Waals surface area contributed by atoms with Crippen molar-refractivity contribution in [2.45, 2.75) is 12.5 Å². The van der Waals surface area contributed by atoms with E-state index in [0.29, 0.717) is 13.1 Å². The van der Waals surface area contributed by atoms with Gasteiger partial charge in [-0.1, -0.05) is 6.07 Å². The summed E-state index contributed by atoms with van der Waals surface area (Å²) in [5, 5.41) is 9.53. The van der Waals surface area contributed by atoms with Gasteiger partial charge >= 0.3 is 0 Å². The van der Waals surface area contributed by atoms with Crippen molar-refractivity contribution in [3.05, 3.63) is 29.6 Å². The molecule has 0 bridgehead atoms. The van der Waals surface area contributed by atoms with Crippen molar-refractivity contribution in [2.75, 3.05) is 20.2 Å². The Kier molecular flexibility index (Phi) is 3.28. The Hall–Kier alpha value is -1.62. The molecule has 0 spiro atoms. The summed E-state index contributed by atoms with van der Waals surface area (Å²) in [4.78, 5) is 13.5. The molecule has 17 heavy (non-hydrogen) atoms. The molecular weight excluding hydrogens is 225 g/mol. The van der Waals surface area contributed by atoms with Gasteiger partial charge in [-0.3, -0.25) is 4.79 Å². The first-order valence-electron chi connectivity index (χ1n) is 5.43. The zero-order valence-electron chi connectivity index (χ0n) is 9.52. The first kappa shape index (κ1) is 11.9. The van der Waals surface area contributed by atoms with Crippen molar-refractivity contribution in [3.63, 3.8) is 0 Å². The maximum Gasteiger partial charge on any atom is 0.260 e. The highest BCUT2D eigenvalue weighted by molar-refractivity contribution is 5.97. The maximum atomic E-state index is 13.5. The Morgan fingerprint density at radius 1 is 1.59 bits per heavy atom. The van der Waals surface area contributed by atoms with Crippen LogP contribution in [0.2, 0.25) is 0 Å². The lowest BCUT2D eigenvalue weighted by Crippen LogP contribution is -2.30. The number of nitrogens with zero attached hydrogens (tertiary/aromatic N) is 1. The summed E-state index contributed by atoms with van der Waals surface area (Å²) in [6.07, 6.45) is 0.727. The fourth-order valence-corrected chi connectivity index (χ4v) is 1.99. The van der Waals surface area contributed by atoms with E-state index < -0.39 is 11.7 Å². The number of methoxy groups -OCH3 is 1. The van der Waals surface area contributed by atoms with Crippen molar-refractivity contribution in [1.82, 2.24) is 4.90 Å². The monoisotopic (exact) mass is 239 g/mol. The Bertz CT molecular complexity index is 416. The van der Waals surface area contributed by atoms with Gasteiger partial charge in [-0.15, -0.1) is 0 Å². The molecule has 1 N–H and O–H groups in total. The second-order valence-corrected chi connectivity index (χ2v) is 4.03. The molecular formula is C12H14FNO3. The van der Waals surface area contributed by atoms with Crippen LogP contribution in [0.25, 0.3) is 0 Å². The molecule has 0 aliphatic carbocycles. The molecule has 0 radical (unpaired) electrons. The third-order valence-corrected chi connectivity index (χ3v) is 2.97. The predicted octanol–water partition coefficient (Wildman–Crippen LogP) is 1.39. The highest BCUT2D eigenvalue weighted by Crippen LogP contribution is 2.24. The first-order chi connectivity index (χ1) is 8.13. The van der Waals surface area contributed by atoms with Crippen LogP contribution in [0.15, 0.2) is 18.2 Å². The number of halogens is 1. The number of amides is 1. The van der Waals surface area contributed by atoms with Gasteiger partial charge in [0.15, 0.2) is 0 Å². The number of aromatic hydroxyl groups is 1. The molecule has 4 nitrogen and oxygen atoms in total. The molecule has 1 aliphatic heterocycles. The molecule has 1 amide bonds. The lowest BCUT2D eigenvalue weighted by Gasteiger charge is -2.17. The van der Waals surface area contributed by atoms with E-state index in [-0.39, 0.29) is 17.4 Å². The highest BCUT2D eigenvalue weighted by atomic mass is 19.1. The van der Waals surface area contributed by atoms with Crippen LogP contribution in [-0.4, -0.2) is 42.2 Å². The molecule has 1 aromatic rings. The van der Waals surface area contributed by atoms with E-state index in [1.165, 1.54) is 17.0 Å². The second kappa shape index (κ2) is 4.71. The van der Waals surface area contributed by atoms with E-state index in [9.17, 15) is 14.3 Å². The van der Waals surface area contributed by atoms with E-state index in [4.69, 9.17) is 4.74 Å². The number of ether oxygens (including phenoxy) is 1. The van der Waals surface area contributed by atoms with Gasteiger partial charge < -0.3 is 14.7 Å². The molecule has 1 fully saturated rings. The molecule has 2 rings (SSSR count). The van der Waals surface area contributed by atoms with Gasteiger partial charge in [0.1, 0.15) is 17.1 Å². The number of likely N-dealkylation sites (tertiary alicyclic amines) is 1. The Morgan fingerprint density at radius 2 is 2.35 bits per heavy atom. The van der Waals surface area contributed by atoms with Crippen molar-refractivity contribution in [2.24, 2.45) is 0 Å². The fraction of sp³-hybridized carbons (Fsp3) is 0.417.